The molecule has 0 radical (unpaired) electrons. The quantitative estimate of drug-likeness (QED) is 0.884. The molecule has 1 saturated carbocycles. The summed E-state index contributed by atoms with van der Waals surface area (Å²) in [5, 5.41) is 11.9. The summed E-state index contributed by atoms with van der Waals surface area (Å²) in [5.41, 5.74) is 1.86. The van der Waals surface area contributed by atoms with Gasteiger partial charge in [-0.25, -0.2) is 0 Å². The molecule has 1 aromatic carbocycles. The molecule has 2 N–H and O–H groups in total. The zero-order valence-corrected chi connectivity index (χ0v) is 12.9. The van der Waals surface area contributed by atoms with Crippen LogP contribution < -0.4 is 5.32 Å². The number of aryl methyl sites for hydroxylation is 1. The highest BCUT2D eigenvalue weighted by molar-refractivity contribution is 9.10. The largest absolute Gasteiger partial charge is 0.481 e. The lowest BCUT2D eigenvalue weighted by Crippen LogP contribution is -2.29. The second-order valence-corrected chi connectivity index (χ2v) is 6.19. The third-order valence-corrected chi connectivity index (χ3v) is 4.76. The van der Waals surface area contributed by atoms with E-state index in [2.05, 4.69) is 21.2 Å². The molecule has 4 nitrogen and oxygen atoms in total. The average Bonchev–Trinajstić information content (AvgIpc) is 2.43. The van der Waals surface area contributed by atoms with Gasteiger partial charge in [0.15, 0.2) is 0 Å². The van der Waals surface area contributed by atoms with Crippen LogP contribution in [0.5, 0.6) is 0 Å². The molecule has 1 fully saturated rings. The second kappa shape index (κ2) is 6.39. The molecule has 1 aromatic rings. The molecule has 0 aliphatic heterocycles. The van der Waals surface area contributed by atoms with Crippen molar-refractivity contribution in [3.8, 4) is 0 Å². The molecule has 0 aromatic heterocycles. The van der Waals surface area contributed by atoms with Gasteiger partial charge in [-0.15, -0.1) is 0 Å². The molecule has 20 heavy (non-hydrogen) atoms. The SMILES string of the molecule is Cc1cc(NC(=O)C2CCC(C(=O)O)CC2)ccc1Br. The van der Waals surface area contributed by atoms with Gasteiger partial charge >= 0.3 is 5.97 Å². The van der Waals surface area contributed by atoms with Gasteiger partial charge in [0.05, 0.1) is 5.92 Å². The number of carboxylic acid groups (broad SMARTS) is 1. The van der Waals surface area contributed by atoms with E-state index in [1.807, 2.05) is 25.1 Å². The number of carbonyl (C=O) groups excluding carboxylic acids is 1. The first-order valence-corrected chi connectivity index (χ1v) is 7.56. The van der Waals surface area contributed by atoms with Crippen LogP contribution in [0.3, 0.4) is 0 Å². The number of rotatable bonds is 3. The van der Waals surface area contributed by atoms with Gasteiger partial charge in [0.25, 0.3) is 0 Å². The molecule has 0 spiro atoms. The van der Waals surface area contributed by atoms with E-state index in [0.717, 1.165) is 15.7 Å². The third-order valence-electron chi connectivity index (χ3n) is 3.87. The topological polar surface area (TPSA) is 66.4 Å². The van der Waals surface area contributed by atoms with Crippen LogP contribution in [0.2, 0.25) is 0 Å². The summed E-state index contributed by atoms with van der Waals surface area (Å²) >= 11 is 3.42. The summed E-state index contributed by atoms with van der Waals surface area (Å²) in [6.45, 7) is 1.97. The first-order chi connectivity index (χ1) is 9.47. The highest BCUT2D eigenvalue weighted by atomic mass is 79.9. The standard InChI is InChI=1S/C15H18BrNO3/c1-9-8-12(6-7-13(9)16)17-14(18)10-2-4-11(5-3-10)15(19)20/h6-8,10-11H,2-5H2,1H3,(H,17,18)(H,19,20). The van der Waals surface area contributed by atoms with E-state index in [1.165, 1.54) is 0 Å². The van der Waals surface area contributed by atoms with Gasteiger partial charge in [-0.3, -0.25) is 9.59 Å². The fourth-order valence-electron chi connectivity index (χ4n) is 2.57. The van der Waals surface area contributed by atoms with E-state index < -0.39 is 5.97 Å². The lowest BCUT2D eigenvalue weighted by molar-refractivity contribution is -0.143. The second-order valence-electron chi connectivity index (χ2n) is 5.34. The molecular weight excluding hydrogens is 322 g/mol. The van der Waals surface area contributed by atoms with Gasteiger partial charge in [0.1, 0.15) is 0 Å². The zero-order chi connectivity index (χ0) is 14.7. The maximum absolute atomic E-state index is 12.2. The predicted molar refractivity (Wildman–Crippen MR) is 80.6 cm³/mol. The third kappa shape index (κ3) is 3.60. The molecule has 108 valence electrons. The number of nitrogens with one attached hydrogen (secondary N) is 1. The lowest BCUT2D eigenvalue weighted by Gasteiger charge is -2.25. The van der Waals surface area contributed by atoms with Gasteiger partial charge in [-0.2, -0.15) is 0 Å². The van der Waals surface area contributed by atoms with Crippen LogP contribution in [0.25, 0.3) is 0 Å². The first kappa shape index (κ1) is 15.0. The Bertz CT molecular complexity index is 522. The summed E-state index contributed by atoms with van der Waals surface area (Å²) in [4.78, 5) is 23.1. The number of amides is 1. The normalized spacial score (nSPS) is 22.3. The van der Waals surface area contributed by atoms with Crippen LogP contribution in [-0.4, -0.2) is 17.0 Å². The van der Waals surface area contributed by atoms with Crippen LogP contribution in [0.15, 0.2) is 22.7 Å². The van der Waals surface area contributed by atoms with Gasteiger partial charge in [0, 0.05) is 16.1 Å². The number of benzene rings is 1. The maximum atomic E-state index is 12.2. The summed E-state index contributed by atoms with van der Waals surface area (Å²) in [7, 11) is 0. The molecule has 5 heteroatoms. The van der Waals surface area contributed by atoms with Crippen molar-refractivity contribution in [2.45, 2.75) is 32.6 Å². The fraction of sp³-hybridized carbons (Fsp3) is 0.467. The van der Waals surface area contributed by atoms with Crippen LogP contribution in [-0.2, 0) is 9.59 Å². The monoisotopic (exact) mass is 339 g/mol. The first-order valence-electron chi connectivity index (χ1n) is 6.77. The van der Waals surface area contributed by atoms with Crippen molar-refractivity contribution in [1.82, 2.24) is 0 Å². The predicted octanol–water partition coefficient (Wildman–Crippen LogP) is 3.59. The van der Waals surface area contributed by atoms with Crippen LogP contribution in [0.4, 0.5) is 5.69 Å². The smallest absolute Gasteiger partial charge is 0.306 e. The minimum Gasteiger partial charge on any atom is -0.481 e. The van der Waals surface area contributed by atoms with Crippen LogP contribution in [0.1, 0.15) is 31.2 Å². The van der Waals surface area contributed by atoms with E-state index in [9.17, 15) is 9.59 Å². The van der Waals surface area contributed by atoms with Crippen molar-refractivity contribution in [2.75, 3.05) is 5.32 Å². The highest BCUT2D eigenvalue weighted by Crippen LogP contribution is 2.30. The molecule has 1 amide bonds. The summed E-state index contributed by atoms with van der Waals surface area (Å²) in [6.07, 6.45) is 2.48. The number of halogens is 1. The number of carbonyl (C=O) groups is 2. The lowest BCUT2D eigenvalue weighted by atomic mass is 9.81. The molecule has 0 heterocycles. The number of anilines is 1. The Hall–Kier alpha value is -1.36. The van der Waals surface area contributed by atoms with Gasteiger partial charge in [-0.1, -0.05) is 15.9 Å². The Morgan fingerprint density at radius 3 is 2.35 bits per heavy atom. The zero-order valence-electron chi connectivity index (χ0n) is 11.4. The molecule has 2 rings (SSSR count). The summed E-state index contributed by atoms with van der Waals surface area (Å²) < 4.78 is 1.01. The van der Waals surface area contributed by atoms with E-state index in [-0.39, 0.29) is 17.7 Å². The Morgan fingerprint density at radius 2 is 1.80 bits per heavy atom. The van der Waals surface area contributed by atoms with Crippen molar-refractivity contribution in [3.63, 3.8) is 0 Å². The molecule has 0 bridgehead atoms. The Labute approximate surface area is 126 Å². The average molecular weight is 340 g/mol. The number of aliphatic carboxylic acids is 1. The molecule has 0 unspecified atom stereocenters. The van der Waals surface area contributed by atoms with Crippen LogP contribution in [0, 0.1) is 18.8 Å². The van der Waals surface area contributed by atoms with Crippen molar-refractivity contribution < 1.29 is 14.7 Å². The van der Waals surface area contributed by atoms with Crippen molar-refractivity contribution in [2.24, 2.45) is 11.8 Å². The van der Waals surface area contributed by atoms with Gasteiger partial charge < -0.3 is 10.4 Å². The highest BCUT2D eigenvalue weighted by Gasteiger charge is 2.29. The Morgan fingerprint density at radius 1 is 1.20 bits per heavy atom. The minimum absolute atomic E-state index is 0.00411. The summed E-state index contributed by atoms with van der Waals surface area (Å²) in [5.74, 6) is -1.11. The van der Waals surface area contributed by atoms with Crippen molar-refractivity contribution >= 4 is 33.5 Å². The fourth-order valence-corrected chi connectivity index (χ4v) is 2.82. The van der Waals surface area contributed by atoms with Gasteiger partial charge in [0.2, 0.25) is 5.91 Å². The van der Waals surface area contributed by atoms with Crippen molar-refractivity contribution in [1.29, 1.82) is 0 Å². The molecule has 1 aliphatic carbocycles. The summed E-state index contributed by atoms with van der Waals surface area (Å²) in [6, 6.07) is 5.69. The molecule has 0 atom stereocenters. The molecular formula is C15H18BrNO3. The van der Waals surface area contributed by atoms with E-state index in [0.29, 0.717) is 25.7 Å². The Kier molecular flexibility index (Phi) is 4.81. The van der Waals surface area contributed by atoms with E-state index in [1.54, 1.807) is 0 Å². The number of carboxylic acids is 1. The van der Waals surface area contributed by atoms with Crippen LogP contribution >= 0.6 is 15.9 Å². The molecule has 1 aliphatic rings. The number of hydrogen-bond acceptors (Lipinski definition) is 2. The maximum Gasteiger partial charge on any atom is 0.306 e. The minimum atomic E-state index is -0.743. The number of hydrogen-bond donors (Lipinski definition) is 2. The van der Waals surface area contributed by atoms with Crippen molar-refractivity contribution in [3.05, 3.63) is 28.2 Å². The Balaban J connectivity index is 1.92. The van der Waals surface area contributed by atoms with Gasteiger partial charge in [-0.05, 0) is 56.4 Å². The van der Waals surface area contributed by atoms with E-state index in [4.69, 9.17) is 5.11 Å². The molecule has 0 saturated heterocycles. The van der Waals surface area contributed by atoms with E-state index >= 15 is 0 Å².